The van der Waals surface area contributed by atoms with E-state index < -0.39 is 15.6 Å². The summed E-state index contributed by atoms with van der Waals surface area (Å²) in [6.07, 6.45) is 0. The zero-order chi connectivity index (χ0) is 17.7. The molecular formula is C14H11F4IO3S. The first-order valence-electron chi connectivity index (χ1n) is 5.98. The Morgan fingerprint density at radius 2 is 1.26 bits per heavy atom. The van der Waals surface area contributed by atoms with Crippen LogP contribution in [0.1, 0.15) is 5.56 Å². The van der Waals surface area contributed by atoms with Gasteiger partial charge in [-0.3, -0.25) is 0 Å². The van der Waals surface area contributed by atoms with Crippen molar-refractivity contribution in [1.82, 2.24) is 0 Å². The Bertz CT molecular complexity index is 683. The van der Waals surface area contributed by atoms with E-state index in [0.29, 0.717) is 0 Å². The van der Waals surface area contributed by atoms with Crippen molar-refractivity contribution in [2.45, 2.75) is 12.4 Å². The van der Waals surface area contributed by atoms with Gasteiger partial charge in [-0.05, 0) is 43.3 Å². The predicted octanol–water partition coefficient (Wildman–Crippen LogP) is 0.314. The minimum Gasteiger partial charge on any atom is -0.741 e. The molecule has 0 heterocycles. The molecule has 0 saturated carbocycles. The summed E-state index contributed by atoms with van der Waals surface area (Å²) in [6.45, 7) is 2.08. The number of aryl methyl sites for hydroxylation is 1. The summed E-state index contributed by atoms with van der Waals surface area (Å²) in [4.78, 5) is 0. The Morgan fingerprint density at radius 3 is 1.61 bits per heavy atom. The maximum atomic E-state index is 12.7. The third-order valence-corrected chi connectivity index (χ3v) is 5.57. The maximum absolute atomic E-state index is 12.7. The third-order valence-electron chi connectivity index (χ3n) is 2.32. The Balaban J connectivity index is 0.000000284. The number of alkyl halides is 3. The molecule has 2 aromatic carbocycles. The average Bonchev–Trinajstić information content (AvgIpc) is 2.42. The first-order valence-corrected chi connectivity index (χ1v) is 9.55. The van der Waals surface area contributed by atoms with Gasteiger partial charge in [-0.15, -0.1) is 0 Å². The largest absolute Gasteiger partial charge is 0.741 e. The van der Waals surface area contributed by atoms with Crippen LogP contribution in [0.4, 0.5) is 17.6 Å². The molecule has 9 heteroatoms. The third kappa shape index (κ3) is 7.27. The van der Waals surface area contributed by atoms with Crippen LogP contribution in [0.5, 0.6) is 0 Å². The predicted molar refractivity (Wildman–Crippen MR) is 70.7 cm³/mol. The highest BCUT2D eigenvalue weighted by Crippen LogP contribution is 2.20. The number of halogens is 5. The summed E-state index contributed by atoms with van der Waals surface area (Å²) >= 11 is -0.164. The number of hydrogen-bond donors (Lipinski definition) is 0. The van der Waals surface area contributed by atoms with E-state index in [-0.39, 0.29) is 27.0 Å². The highest BCUT2D eigenvalue weighted by atomic mass is 127. The van der Waals surface area contributed by atoms with Crippen LogP contribution in [0.2, 0.25) is 0 Å². The van der Waals surface area contributed by atoms with Gasteiger partial charge in [0.05, 0.1) is 0 Å². The van der Waals surface area contributed by atoms with Crippen molar-refractivity contribution in [2.24, 2.45) is 0 Å². The van der Waals surface area contributed by atoms with Crippen LogP contribution in [0, 0.1) is 19.9 Å². The van der Waals surface area contributed by atoms with Crippen molar-refractivity contribution in [3.63, 3.8) is 0 Å². The molecule has 23 heavy (non-hydrogen) atoms. The number of rotatable bonds is 2. The van der Waals surface area contributed by atoms with E-state index >= 15 is 0 Å². The first kappa shape index (κ1) is 19.8. The van der Waals surface area contributed by atoms with Crippen LogP contribution in [0.25, 0.3) is 0 Å². The van der Waals surface area contributed by atoms with E-state index in [9.17, 15) is 17.6 Å². The summed E-state index contributed by atoms with van der Waals surface area (Å²) in [5.74, 6) is -0.160. The first-order chi connectivity index (χ1) is 10.5. The molecule has 3 nitrogen and oxygen atoms in total. The number of benzene rings is 2. The molecule has 0 saturated heterocycles. The van der Waals surface area contributed by atoms with Gasteiger partial charge in [-0.25, -0.2) is 12.8 Å². The molecule has 0 N–H and O–H groups in total. The van der Waals surface area contributed by atoms with Gasteiger partial charge in [-0.1, -0.05) is 17.7 Å². The molecule has 0 radical (unpaired) electrons. The second kappa shape index (κ2) is 8.06. The van der Waals surface area contributed by atoms with E-state index in [0.717, 1.165) is 0 Å². The Kier molecular flexibility index (Phi) is 6.96. The van der Waals surface area contributed by atoms with Crippen molar-refractivity contribution in [3.05, 3.63) is 67.1 Å². The van der Waals surface area contributed by atoms with Gasteiger partial charge in [0.1, 0.15) is 5.82 Å². The van der Waals surface area contributed by atoms with Crippen molar-refractivity contribution >= 4 is 10.1 Å². The maximum Gasteiger partial charge on any atom is 0.485 e. The molecule has 0 unspecified atom stereocenters. The van der Waals surface area contributed by atoms with Gasteiger partial charge in [0.25, 0.3) is 0 Å². The lowest BCUT2D eigenvalue weighted by molar-refractivity contribution is -0.597. The van der Waals surface area contributed by atoms with E-state index in [1.807, 2.05) is 12.1 Å². The Labute approximate surface area is 141 Å². The fourth-order valence-electron chi connectivity index (χ4n) is 1.21. The lowest BCUT2D eigenvalue weighted by atomic mass is 10.2. The molecule has 126 valence electrons. The molecule has 0 bridgehead atoms. The van der Waals surface area contributed by atoms with Gasteiger partial charge in [0.2, 0.25) is 0 Å². The molecule has 0 aliphatic carbocycles. The summed E-state index contributed by atoms with van der Waals surface area (Å²) in [5.41, 5.74) is -4.37. The van der Waals surface area contributed by atoms with Gasteiger partial charge in [0, 0.05) is 0 Å². The monoisotopic (exact) mass is 462 g/mol. The summed E-state index contributed by atoms with van der Waals surface area (Å²) < 4.78 is 74.2. The van der Waals surface area contributed by atoms with Gasteiger partial charge < -0.3 is 4.55 Å². The summed E-state index contributed by atoms with van der Waals surface area (Å²) in [5, 5.41) is 0. The Morgan fingerprint density at radius 1 is 0.913 bits per heavy atom. The smallest absolute Gasteiger partial charge is 0.485 e. The molecule has 0 amide bonds. The average molecular weight is 462 g/mol. The minimum absolute atomic E-state index is 0.160. The SMILES string of the molecule is Cc1ccc([I+]c2ccc(F)cc2)cc1.O=S(=O)([O-])C(F)(F)F. The zero-order valence-electron chi connectivity index (χ0n) is 11.6. The normalized spacial score (nSPS) is 11.6. The molecule has 2 aromatic rings. The topological polar surface area (TPSA) is 57.2 Å². The van der Waals surface area contributed by atoms with E-state index in [2.05, 4.69) is 31.2 Å². The van der Waals surface area contributed by atoms with Crippen molar-refractivity contribution < 1.29 is 51.7 Å². The second-order valence-corrected chi connectivity index (χ2v) is 8.63. The standard InChI is InChI=1S/C13H11FI.CHF3O3S/c1-10-2-6-12(7-3-10)15-13-8-4-11(14)5-9-13;2-1(3,4)8(5,6)7/h2-9H,1H3;(H,5,6,7)/q+1;/p-1. The van der Waals surface area contributed by atoms with Gasteiger partial charge >= 0.3 is 26.7 Å². The highest BCUT2D eigenvalue weighted by molar-refractivity contribution is 7.86. The van der Waals surface area contributed by atoms with E-state index in [4.69, 9.17) is 13.0 Å². The summed E-state index contributed by atoms with van der Waals surface area (Å²) in [6, 6.07) is 15.4. The lowest BCUT2D eigenvalue weighted by Crippen LogP contribution is -3.61. The number of hydrogen-bond acceptors (Lipinski definition) is 3. The fraction of sp³-hybridized carbons (Fsp3) is 0.143. The van der Waals surface area contributed by atoms with Crippen LogP contribution in [0.15, 0.2) is 48.5 Å². The van der Waals surface area contributed by atoms with Gasteiger partial charge in [0.15, 0.2) is 17.3 Å². The quantitative estimate of drug-likeness (QED) is 0.280. The van der Waals surface area contributed by atoms with E-state index in [1.54, 1.807) is 0 Å². The second-order valence-electron chi connectivity index (χ2n) is 4.23. The van der Waals surface area contributed by atoms with Crippen molar-refractivity contribution in [3.8, 4) is 0 Å². The molecule has 0 aliphatic heterocycles. The van der Waals surface area contributed by atoms with Crippen LogP contribution in [-0.2, 0) is 10.1 Å². The minimum atomic E-state index is -6.09. The van der Waals surface area contributed by atoms with Crippen LogP contribution < -0.4 is 21.2 Å². The van der Waals surface area contributed by atoms with Gasteiger partial charge in [-0.2, -0.15) is 13.2 Å². The molecule has 0 aliphatic rings. The van der Waals surface area contributed by atoms with Crippen LogP contribution in [-0.4, -0.2) is 18.5 Å². The molecule has 0 fully saturated rings. The molecular weight excluding hydrogens is 451 g/mol. The van der Waals surface area contributed by atoms with E-state index in [1.165, 1.54) is 24.8 Å². The highest BCUT2D eigenvalue weighted by Gasteiger charge is 2.36. The van der Waals surface area contributed by atoms with Crippen molar-refractivity contribution in [1.29, 1.82) is 0 Å². The molecule has 2 rings (SSSR count). The summed E-state index contributed by atoms with van der Waals surface area (Å²) in [7, 11) is -6.09. The lowest BCUT2D eigenvalue weighted by Gasteiger charge is -2.08. The Hall–Kier alpha value is -1.20. The van der Waals surface area contributed by atoms with Crippen molar-refractivity contribution in [2.75, 3.05) is 0 Å². The fourth-order valence-corrected chi connectivity index (χ4v) is 3.37. The molecule has 0 aromatic heterocycles. The van der Waals surface area contributed by atoms with Crippen LogP contribution >= 0.6 is 0 Å². The molecule has 0 spiro atoms. The van der Waals surface area contributed by atoms with Crippen LogP contribution in [0.3, 0.4) is 0 Å². The zero-order valence-corrected chi connectivity index (χ0v) is 14.6. The molecule has 0 atom stereocenters.